The summed E-state index contributed by atoms with van der Waals surface area (Å²) in [5.41, 5.74) is -0.540. The van der Waals surface area contributed by atoms with Gasteiger partial charge in [0.05, 0.1) is 6.42 Å². The summed E-state index contributed by atoms with van der Waals surface area (Å²) in [6.45, 7) is 5.86. The number of nitrogens with zero attached hydrogens (tertiary/aromatic N) is 3. The fourth-order valence-electron chi connectivity index (χ4n) is 1.51. The number of rotatable bonds is 2. The van der Waals surface area contributed by atoms with Crippen molar-refractivity contribution in [3.8, 4) is 0 Å². The maximum atomic E-state index is 12.0. The third kappa shape index (κ3) is 2.11. The Morgan fingerprint density at radius 2 is 2.17 bits per heavy atom. The van der Waals surface area contributed by atoms with Gasteiger partial charge in [0.2, 0.25) is 0 Å². The van der Waals surface area contributed by atoms with Crippen molar-refractivity contribution in [2.75, 3.05) is 0 Å². The van der Waals surface area contributed by atoms with Crippen molar-refractivity contribution in [2.24, 2.45) is 0 Å². The van der Waals surface area contributed by atoms with Crippen LogP contribution in [0.1, 0.15) is 32.2 Å². The van der Waals surface area contributed by atoms with Crippen LogP contribution >= 0.6 is 0 Å². The van der Waals surface area contributed by atoms with Gasteiger partial charge in [-0.15, -0.1) is 0 Å². The summed E-state index contributed by atoms with van der Waals surface area (Å²) in [6, 6.07) is 0. The van der Waals surface area contributed by atoms with E-state index in [1.165, 1.54) is 10.7 Å². The van der Waals surface area contributed by atoms with Gasteiger partial charge in [-0.05, 0) is 0 Å². The minimum absolute atomic E-state index is 0.129. The third-order valence-corrected chi connectivity index (χ3v) is 2.50. The Kier molecular flexibility index (Phi) is 2.68. The average Bonchev–Trinajstić information content (AvgIpc) is 2.66. The van der Waals surface area contributed by atoms with Crippen LogP contribution < -0.4 is 5.56 Å². The van der Waals surface area contributed by atoms with E-state index in [0.29, 0.717) is 5.82 Å². The largest absolute Gasteiger partial charge is 0.481 e. The van der Waals surface area contributed by atoms with Gasteiger partial charge >= 0.3 is 5.97 Å². The maximum absolute atomic E-state index is 12.0. The topological polar surface area (TPSA) is 100 Å². The molecule has 0 radical (unpaired) electrons. The highest BCUT2D eigenvalue weighted by Gasteiger charge is 2.20. The molecule has 18 heavy (non-hydrogen) atoms. The van der Waals surface area contributed by atoms with Gasteiger partial charge in [0.25, 0.3) is 11.3 Å². The van der Waals surface area contributed by atoms with Gasteiger partial charge < -0.3 is 5.11 Å². The molecule has 0 unspecified atom stereocenters. The van der Waals surface area contributed by atoms with Crippen molar-refractivity contribution in [2.45, 2.75) is 32.6 Å². The highest BCUT2D eigenvalue weighted by Crippen LogP contribution is 2.17. The van der Waals surface area contributed by atoms with Gasteiger partial charge in [0, 0.05) is 17.2 Å². The lowest BCUT2D eigenvalue weighted by molar-refractivity contribution is -0.136. The molecular formula is C11H14N4O3. The highest BCUT2D eigenvalue weighted by molar-refractivity contribution is 5.69. The summed E-state index contributed by atoms with van der Waals surface area (Å²) in [4.78, 5) is 30.8. The van der Waals surface area contributed by atoms with E-state index in [0.717, 1.165) is 0 Å². The van der Waals surface area contributed by atoms with Gasteiger partial charge in [0.15, 0.2) is 0 Å². The number of fused-ring (bicyclic) bond motifs is 1. The maximum Gasteiger partial charge on any atom is 0.308 e. The molecule has 7 nitrogen and oxygen atoms in total. The molecular weight excluding hydrogens is 236 g/mol. The molecule has 0 spiro atoms. The average molecular weight is 250 g/mol. The van der Waals surface area contributed by atoms with Gasteiger partial charge in [-0.1, -0.05) is 20.8 Å². The molecule has 2 N–H and O–H groups in total. The Morgan fingerprint density at radius 1 is 1.50 bits per heavy atom. The standard InChI is InChI=1S/C11H14N4O3/c1-11(2,3)9-13-10-12-5-6(4-7(16)17)8(18)15(10)14-9/h5H,4H2,1-3H3,(H,16,17)(H,12,13,14). The van der Waals surface area contributed by atoms with E-state index in [1.54, 1.807) is 0 Å². The fourth-order valence-corrected chi connectivity index (χ4v) is 1.51. The predicted molar refractivity (Wildman–Crippen MR) is 63.6 cm³/mol. The zero-order valence-corrected chi connectivity index (χ0v) is 10.4. The van der Waals surface area contributed by atoms with Crippen LogP contribution in [-0.2, 0) is 16.6 Å². The number of aromatic amines is 1. The zero-order chi connectivity index (χ0) is 13.5. The summed E-state index contributed by atoms with van der Waals surface area (Å²) in [6.07, 6.45) is 0.914. The fraction of sp³-hybridized carbons (Fsp3) is 0.455. The molecule has 7 heteroatoms. The van der Waals surface area contributed by atoms with E-state index >= 15 is 0 Å². The molecule has 0 atom stereocenters. The Labute approximate surface area is 102 Å². The number of hydrogen-bond acceptors (Lipinski definition) is 4. The van der Waals surface area contributed by atoms with Gasteiger partial charge in [0.1, 0.15) is 5.82 Å². The normalized spacial score (nSPS) is 11.9. The molecule has 0 aliphatic heterocycles. The van der Waals surface area contributed by atoms with Crippen LogP contribution in [0, 0.1) is 0 Å². The summed E-state index contributed by atoms with van der Waals surface area (Å²) in [5, 5.41) is 11.6. The Hall–Kier alpha value is -2.18. The molecule has 2 heterocycles. The van der Waals surface area contributed by atoms with Crippen LogP contribution in [0.2, 0.25) is 0 Å². The minimum Gasteiger partial charge on any atom is -0.481 e. The molecule has 2 aromatic rings. The number of H-pyrrole nitrogens is 1. The Morgan fingerprint density at radius 3 is 2.72 bits per heavy atom. The van der Waals surface area contributed by atoms with E-state index in [-0.39, 0.29) is 23.2 Å². The molecule has 0 saturated heterocycles. The SMILES string of the molecule is CC(C)(C)c1nc2ncc(CC(=O)O)c(=O)n2[nH]1. The highest BCUT2D eigenvalue weighted by atomic mass is 16.4. The molecule has 0 fully saturated rings. The summed E-state index contributed by atoms with van der Waals surface area (Å²) in [7, 11) is 0. The Bertz CT molecular complexity index is 663. The summed E-state index contributed by atoms with van der Waals surface area (Å²) < 4.78 is 1.18. The first kappa shape index (κ1) is 12.3. The van der Waals surface area contributed by atoms with Crippen molar-refractivity contribution in [1.29, 1.82) is 0 Å². The van der Waals surface area contributed by atoms with Crippen LogP contribution in [0.3, 0.4) is 0 Å². The monoisotopic (exact) mass is 250 g/mol. The second-order valence-electron chi connectivity index (χ2n) is 5.12. The third-order valence-electron chi connectivity index (χ3n) is 2.50. The smallest absolute Gasteiger partial charge is 0.308 e. The number of aromatic nitrogens is 4. The summed E-state index contributed by atoms with van der Waals surface area (Å²) in [5.74, 6) is -0.192. The first-order chi connectivity index (χ1) is 8.29. The van der Waals surface area contributed by atoms with Gasteiger partial charge in [-0.2, -0.15) is 9.50 Å². The van der Waals surface area contributed by atoms with E-state index in [2.05, 4.69) is 15.1 Å². The molecule has 0 aromatic carbocycles. The van der Waals surface area contributed by atoms with E-state index in [9.17, 15) is 9.59 Å². The van der Waals surface area contributed by atoms with Crippen LogP contribution in [0.4, 0.5) is 0 Å². The molecule has 0 amide bonds. The molecule has 96 valence electrons. The van der Waals surface area contributed by atoms with Crippen molar-refractivity contribution in [3.63, 3.8) is 0 Å². The molecule has 0 aliphatic carbocycles. The molecule has 0 bridgehead atoms. The number of hydrogen-bond donors (Lipinski definition) is 2. The Balaban J connectivity index is 2.61. The second kappa shape index (κ2) is 3.94. The zero-order valence-electron chi connectivity index (χ0n) is 10.4. The van der Waals surface area contributed by atoms with Crippen LogP contribution in [0.15, 0.2) is 11.0 Å². The molecule has 0 aliphatic rings. The first-order valence-electron chi connectivity index (χ1n) is 5.48. The van der Waals surface area contributed by atoms with Crippen LogP contribution in [0.25, 0.3) is 5.78 Å². The van der Waals surface area contributed by atoms with Crippen molar-refractivity contribution in [3.05, 3.63) is 27.9 Å². The van der Waals surface area contributed by atoms with Crippen molar-refractivity contribution < 1.29 is 9.90 Å². The van der Waals surface area contributed by atoms with E-state index < -0.39 is 11.5 Å². The van der Waals surface area contributed by atoms with E-state index in [1.807, 2.05) is 20.8 Å². The van der Waals surface area contributed by atoms with Crippen molar-refractivity contribution in [1.82, 2.24) is 19.6 Å². The van der Waals surface area contributed by atoms with Crippen LogP contribution in [0.5, 0.6) is 0 Å². The lowest BCUT2D eigenvalue weighted by atomic mass is 9.96. The van der Waals surface area contributed by atoms with Crippen LogP contribution in [-0.4, -0.2) is 30.7 Å². The quantitative estimate of drug-likeness (QED) is 0.800. The first-order valence-corrected chi connectivity index (χ1v) is 5.48. The molecule has 0 saturated carbocycles. The van der Waals surface area contributed by atoms with Gasteiger partial charge in [-0.25, -0.2) is 4.98 Å². The lowest BCUT2D eigenvalue weighted by Gasteiger charge is -2.12. The predicted octanol–water partition coefficient (Wildman–Crippen LogP) is 0.342. The summed E-state index contributed by atoms with van der Waals surface area (Å²) >= 11 is 0. The second-order valence-corrected chi connectivity index (χ2v) is 5.12. The number of carboxylic acid groups (broad SMARTS) is 1. The minimum atomic E-state index is -1.07. The number of carbonyl (C=O) groups is 1. The number of aliphatic carboxylic acids is 1. The van der Waals surface area contributed by atoms with Crippen molar-refractivity contribution >= 4 is 11.7 Å². The molecule has 2 aromatic heterocycles. The van der Waals surface area contributed by atoms with Gasteiger partial charge in [-0.3, -0.25) is 14.7 Å². The van der Waals surface area contributed by atoms with E-state index in [4.69, 9.17) is 5.11 Å². The number of nitrogens with one attached hydrogen (secondary N) is 1. The number of carboxylic acids is 1. The lowest BCUT2D eigenvalue weighted by Crippen LogP contribution is -2.22. The molecule has 2 rings (SSSR count).